The minimum atomic E-state index is -0.0396. The zero-order chi connectivity index (χ0) is 18.5. The molecule has 1 aliphatic heterocycles. The zero-order valence-electron chi connectivity index (χ0n) is 15.4. The fourth-order valence-corrected chi connectivity index (χ4v) is 3.18. The van der Waals surface area contributed by atoms with E-state index in [-0.39, 0.29) is 5.91 Å². The minimum absolute atomic E-state index is 0.0396. The smallest absolute Gasteiger partial charge is 0.238 e. The average Bonchev–Trinajstić information content (AvgIpc) is 2.66. The van der Waals surface area contributed by atoms with Crippen LogP contribution >= 0.6 is 0 Å². The van der Waals surface area contributed by atoms with Gasteiger partial charge in [0.05, 0.1) is 27.9 Å². The van der Waals surface area contributed by atoms with Crippen LogP contribution in [-0.4, -0.2) is 45.2 Å². The number of methoxy groups -OCH3 is 3. The lowest BCUT2D eigenvalue weighted by Gasteiger charge is -2.29. The van der Waals surface area contributed by atoms with E-state index in [1.807, 2.05) is 30.3 Å². The highest BCUT2D eigenvalue weighted by atomic mass is 16.5. The number of carbonyl (C=O) groups excluding carboxylic acids is 1. The van der Waals surface area contributed by atoms with Crippen LogP contribution in [0.4, 0.5) is 5.69 Å². The standard InChI is InChI=1S/C20H24N2O4/c1-24-17-6-4-5-16(11-17)21-20(23)13-22-8-7-14-9-18(25-2)19(26-3)10-15(14)12-22/h4-6,9-11H,7-8,12-13H2,1-3H3,(H,21,23). The number of anilines is 1. The van der Waals surface area contributed by atoms with E-state index in [0.717, 1.165) is 30.2 Å². The summed E-state index contributed by atoms with van der Waals surface area (Å²) in [4.78, 5) is 14.5. The average molecular weight is 356 g/mol. The van der Waals surface area contributed by atoms with Crippen LogP contribution in [0.1, 0.15) is 11.1 Å². The van der Waals surface area contributed by atoms with Gasteiger partial charge in [0, 0.05) is 24.8 Å². The van der Waals surface area contributed by atoms with Crippen molar-refractivity contribution in [2.75, 3.05) is 39.7 Å². The number of hydrogen-bond acceptors (Lipinski definition) is 5. The van der Waals surface area contributed by atoms with Gasteiger partial charge in [-0.25, -0.2) is 0 Å². The molecule has 1 aliphatic rings. The molecule has 0 saturated carbocycles. The first-order valence-corrected chi connectivity index (χ1v) is 8.53. The van der Waals surface area contributed by atoms with Gasteiger partial charge in [-0.15, -0.1) is 0 Å². The van der Waals surface area contributed by atoms with E-state index < -0.39 is 0 Å². The van der Waals surface area contributed by atoms with Crippen LogP contribution in [0.25, 0.3) is 0 Å². The maximum atomic E-state index is 12.4. The molecule has 1 N–H and O–H groups in total. The van der Waals surface area contributed by atoms with Crippen molar-refractivity contribution in [2.45, 2.75) is 13.0 Å². The Morgan fingerprint density at radius 1 is 1.04 bits per heavy atom. The van der Waals surface area contributed by atoms with Gasteiger partial charge in [-0.2, -0.15) is 0 Å². The maximum Gasteiger partial charge on any atom is 0.238 e. The number of nitrogens with one attached hydrogen (secondary N) is 1. The van der Waals surface area contributed by atoms with Gasteiger partial charge in [0.1, 0.15) is 5.75 Å². The van der Waals surface area contributed by atoms with Crippen molar-refractivity contribution in [2.24, 2.45) is 0 Å². The van der Waals surface area contributed by atoms with Crippen LogP contribution in [0.15, 0.2) is 36.4 Å². The molecule has 2 aromatic carbocycles. The third-order valence-electron chi connectivity index (χ3n) is 4.52. The molecule has 0 spiro atoms. The van der Waals surface area contributed by atoms with Crippen molar-refractivity contribution in [3.05, 3.63) is 47.5 Å². The molecule has 26 heavy (non-hydrogen) atoms. The Balaban J connectivity index is 1.64. The molecule has 1 heterocycles. The molecule has 0 unspecified atom stereocenters. The number of ether oxygens (including phenoxy) is 3. The Bertz CT molecular complexity index is 791. The van der Waals surface area contributed by atoms with Crippen LogP contribution < -0.4 is 19.5 Å². The number of nitrogens with zero attached hydrogens (tertiary/aromatic N) is 1. The minimum Gasteiger partial charge on any atom is -0.497 e. The van der Waals surface area contributed by atoms with E-state index in [1.165, 1.54) is 11.1 Å². The third-order valence-corrected chi connectivity index (χ3v) is 4.52. The number of rotatable bonds is 6. The number of benzene rings is 2. The van der Waals surface area contributed by atoms with Gasteiger partial charge in [0.2, 0.25) is 5.91 Å². The summed E-state index contributed by atoms with van der Waals surface area (Å²) in [6, 6.07) is 11.4. The first-order valence-electron chi connectivity index (χ1n) is 8.53. The number of amides is 1. The fourth-order valence-electron chi connectivity index (χ4n) is 3.18. The molecule has 0 aliphatic carbocycles. The van der Waals surface area contributed by atoms with Gasteiger partial charge in [0.15, 0.2) is 11.5 Å². The molecule has 0 aromatic heterocycles. The molecule has 1 amide bonds. The quantitative estimate of drug-likeness (QED) is 0.862. The monoisotopic (exact) mass is 356 g/mol. The first kappa shape index (κ1) is 18.1. The highest BCUT2D eigenvalue weighted by molar-refractivity contribution is 5.92. The number of fused-ring (bicyclic) bond motifs is 1. The molecular formula is C20H24N2O4. The van der Waals surface area contributed by atoms with Crippen molar-refractivity contribution in [3.8, 4) is 17.2 Å². The summed E-state index contributed by atoms with van der Waals surface area (Å²) < 4.78 is 15.9. The molecule has 2 aromatic rings. The first-order chi connectivity index (χ1) is 12.6. The molecule has 0 bridgehead atoms. The summed E-state index contributed by atoms with van der Waals surface area (Å²) in [6.07, 6.45) is 0.877. The lowest BCUT2D eigenvalue weighted by Crippen LogP contribution is -2.37. The van der Waals surface area contributed by atoms with E-state index >= 15 is 0 Å². The van der Waals surface area contributed by atoms with Gasteiger partial charge in [-0.3, -0.25) is 9.69 Å². The van der Waals surface area contributed by atoms with Crippen molar-refractivity contribution in [3.63, 3.8) is 0 Å². The van der Waals surface area contributed by atoms with Gasteiger partial charge < -0.3 is 19.5 Å². The molecule has 0 radical (unpaired) electrons. The maximum absolute atomic E-state index is 12.4. The molecule has 6 heteroatoms. The van der Waals surface area contributed by atoms with Crippen LogP contribution in [0.5, 0.6) is 17.2 Å². The summed E-state index contributed by atoms with van der Waals surface area (Å²) in [5.74, 6) is 2.14. The van der Waals surface area contributed by atoms with Crippen LogP contribution in [-0.2, 0) is 17.8 Å². The topological polar surface area (TPSA) is 60.0 Å². The van der Waals surface area contributed by atoms with E-state index in [2.05, 4.69) is 10.2 Å². The number of hydrogen-bond donors (Lipinski definition) is 1. The van der Waals surface area contributed by atoms with Gasteiger partial charge >= 0.3 is 0 Å². The second kappa shape index (κ2) is 8.10. The molecule has 138 valence electrons. The van der Waals surface area contributed by atoms with Crippen LogP contribution in [0.2, 0.25) is 0 Å². The Morgan fingerprint density at radius 2 is 1.77 bits per heavy atom. The third kappa shape index (κ3) is 4.08. The predicted molar refractivity (Wildman–Crippen MR) is 100 cm³/mol. The van der Waals surface area contributed by atoms with Crippen molar-refractivity contribution < 1.29 is 19.0 Å². The lowest BCUT2D eigenvalue weighted by atomic mass is 9.99. The largest absolute Gasteiger partial charge is 0.497 e. The second-order valence-electron chi connectivity index (χ2n) is 6.22. The molecule has 0 saturated heterocycles. The van der Waals surface area contributed by atoms with Crippen molar-refractivity contribution in [1.29, 1.82) is 0 Å². The Hall–Kier alpha value is -2.73. The Labute approximate surface area is 153 Å². The summed E-state index contributed by atoms with van der Waals surface area (Å²) in [7, 11) is 4.88. The summed E-state index contributed by atoms with van der Waals surface area (Å²) in [5, 5.41) is 2.92. The van der Waals surface area contributed by atoms with Crippen LogP contribution in [0.3, 0.4) is 0 Å². The van der Waals surface area contributed by atoms with E-state index in [9.17, 15) is 4.79 Å². The summed E-state index contributed by atoms with van der Waals surface area (Å²) in [6.45, 7) is 1.88. The highest BCUT2D eigenvalue weighted by Gasteiger charge is 2.21. The molecule has 3 rings (SSSR count). The molecule has 6 nitrogen and oxygen atoms in total. The second-order valence-corrected chi connectivity index (χ2v) is 6.22. The normalized spacial score (nSPS) is 13.7. The number of carbonyl (C=O) groups is 1. The van der Waals surface area contributed by atoms with E-state index in [1.54, 1.807) is 27.4 Å². The SMILES string of the molecule is COc1cccc(NC(=O)CN2CCc3cc(OC)c(OC)cc3C2)c1. The molecule has 0 fully saturated rings. The van der Waals surface area contributed by atoms with E-state index in [4.69, 9.17) is 14.2 Å². The van der Waals surface area contributed by atoms with Crippen LogP contribution in [0, 0.1) is 0 Å². The van der Waals surface area contributed by atoms with Gasteiger partial charge in [0.25, 0.3) is 0 Å². The van der Waals surface area contributed by atoms with E-state index in [0.29, 0.717) is 18.8 Å². The Kier molecular flexibility index (Phi) is 5.63. The van der Waals surface area contributed by atoms with Crippen molar-refractivity contribution in [1.82, 2.24) is 4.90 Å². The predicted octanol–water partition coefficient (Wildman–Crippen LogP) is 2.71. The lowest BCUT2D eigenvalue weighted by molar-refractivity contribution is -0.117. The molecule has 0 atom stereocenters. The highest BCUT2D eigenvalue weighted by Crippen LogP contribution is 2.33. The van der Waals surface area contributed by atoms with Crippen molar-refractivity contribution >= 4 is 11.6 Å². The molecular weight excluding hydrogens is 332 g/mol. The van der Waals surface area contributed by atoms with Gasteiger partial charge in [-0.05, 0) is 41.8 Å². The fraction of sp³-hybridized carbons (Fsp3) is 0.350. The zero-order valence-corrected chi connectivity index (χ0v) is 15.4. The van der Waals surface area contributed by atoms with Gasteiger partial charge in [-0.1, -0.05) is 6.07 Å². The Morgan fingerprint density at radius 3 is 2.46 bits per heavy atom. The summed E-state index contributed by atoms with van der Waals surface area (Å²) in [5.41, 5.74) is 3.15. The summed E-state index contributed by atoms with van der Waals surface area (Å²) >= 11 is 0.